The molecule has 1 atom stereocenters. The first-order valence-electron chi connectivity index (χ1n) is 7.73. The predicted molar refractivity (Wildman–Crippen MR) is 88.7 cm³/mol. The van der Waals surface area contributed by atoms with Gasteiger partial charge in [0.15, 0.2) is 0 Å². The zero-order valence-electron chi connectivity index (χ0n) is 13.2. The van der Waals surface area contributed by atoms with E-state index in [9.17, 15) is 4.79 Å². The molecule has 0 fully saturated rings. The quantitative estimate of drug-likeness (QED) is 0.888. The summed E-state index contributed by atoms with van der Waals surface area (Å²) in [6.45, 7) is 4.50. The van der Waals surface area contributed by atoms with E-state index in [-0.39, 0.29) is 17.9 Å². The Kier molecular flexibility index (Phi) is 4.41. The maximum Gasteiger partial charge on any atom is 0.234 e. The fourth-order valence-electron chi connectivity index (χ4n) is 2.64. The Morgan fingerprint density at radius 3 is 3.00 bits per heavy atom. The van der Waals surface area contributed by atoms with Crippen molar-refractivity contribution in [1.82, 2.24) is 9.97 Å². The number of benzene rings is 1. The fourth-order valence-corrected chi connectivity index (χ4v) is 2.64. The standard InChI is InChI=1S/C17H20N4O2/c1-11(2)23-17-10-18-9-15(21-17)19-8-12-7-16(22)20-14-6-4-3-5-13(12)14/h3-6,9-12H,7-8H2,1-2H3,(H,19,21)(H,20,22). The van der Waals surface area contributed by atoms with Gasteiger partial charge in [0.1, 0.15) is 5.82 Å². The summed E-state index contributed by atoms with van der Waals surface area (Å²) in [4.78, 5) is 20.3. The van der Waals surface area contributed by atoms with Gasteiger partial charge in [-0.15, -0.1) is 0 Å². The number of hydrogen-bond donors (Lipinski definition) is 2. The Balaban J connectivity index is 1.70. The van der Waals surface area contributed by atoms with Crippen LogP contribution < -0.4 is 15.4 Å². The van der Waals surface area contributed by atoms with Crippen LogP contribution in [0.3, 0.4) is 0 Å². The smallest absolute Gasteiger partial charge is 0.234 e. The van der Waals surface area contributed by atoms with E-state index in [1.165, 1.54) is 0 Å². The molecular formula is C17H20N4O2. The lowest BCUT2D eigenvalue weighted by Crippen LogP contribution is -2.27. The highest BCUT2D eigenvalue weighted by atomic mass is 16.5. The van der Waals surface area contributed by atoms with E-state index in [4.69, 9.17) is 4.74 Å². The van der Waals surface area contributed by atoms with Crippen molar-refractivity contribution in [2.75, 3.05) is 17.2 Å². The van der Waals surface area contributed by atoms with Crippen LogP contribution in [0.15, 0.2) is 36.7 Å². The summed E-state index contributed by atoms with van der Waals surface area (Å²) in [6.07, 6.45) is 3.75. The zero-order chi connectivity index (χ0) is 16.2. The average molecular weight is 312 g/mol. The highest BCUT2D eigenvalue weighted by Gasteiger charge is 2.24. The van der Waals surface area contributed by atoms with Gasteiger partial charge in [0.2, 0.25) is 11.8 Å². The molecule has 0 aliphatic carbocycles. The molecule has 1 amide bonds. The highest BCUT2D eigenvalue weighted by molar-refractivity contribution is 5.94. The molecule has 6 heteroatoms. The first-order valence-corrected chi connectivity index (χ1v) is 7.73. The van der Waals surface area contributed by atoms with Gasteiger partial charge in [-0.1, -0.05) is 18.2 Å². The minimum atomic E-state index is 0.0403. The second-order valence-electron chi connectivity index (χ2n) is 5.83. The zero-order valence-corrected chi connectivity index (χ0v) is 13.2. The van der Waals surface area contributed by atoms with Gasteiger partial charge in [-0.25, -0.2) is 0 Å². The molecule has 6 nitrogen and oxygen atoms in total. The third kappa shape index (κ3) is 3.77. The molecule has 0 saturated carbocycles. The summed E-state index contributed by atoms with van der Waals surface area (Å²) in [5.74, 6) is 1.29. The fraction of sp³-hybridized carbons (Fsp3) is 0.353. The monoisotopic (exact) mass is 312 g/mol. The van der Waals surface area contributed by atoms with E-state index >= 15 is 0 Å². The maximum absolute atomic E-state index is 11.8. The van der Waals surface area contributed by atoms with Crippen LogP contribution >= 0.6 is 0 Å². The first-order chi connectivity index (χ1) is 11.1. The van der Waals surface area contributed by atoms with Crippen molar-refractivity contribution >= 4 is 17.4 Å². The molecule has 0 spiro atoms. The van der Waals surface area contributed by atoms with Gasteiger partial charge in [-0.2, -0.15) is 4.98 Å². The molecule has 2 heterocycles. The second-order valence-corrected chi connectivity index (χ2v) is 5.83. The Labute approximate surface area is 135 Å². The van der Waals surface area contributed by atoms with E-state index in [0.29, 0.717) is 24.7 Å². The summed E-state index contributed by atoms with van der Waals surface area (Å²) >= 11 is 0. The lowest BCUT2D eigenvalue weighted by atomic mass is 9.90. The van der Waals surface area contributed by atoms with Crippen molar-refractivity contribution in [3.05, 3.63) is 42.2 Å². The predicted octanol–water partition coefficient (Wildman–Crippen LogP) is 2.80. The third-order valence-electron chi connectivity index (χ3n) is 3.60. The van der Waals surface area contributed by atoms with E-state index in [1.54, 1.807) is 12.4 Å². The third-order valence-corrected chi connectivity index (χ3v) is 3.60. The molecule has 0 radical (unpaired) electrons. The summed E-state index contributed by atoms with van der Waals surface area (Å²) in [6, 6.07) is 7.88. The number of para-hydroxylation sites is 1. The molecule has 1 aromatic heterocycles. The number of fused-ring (bicyclic) bond motifs is 1. The largest absolute Gasteiger partial charge is 0.474 e. The van der Waals surface area contributed by atoms with Crippen molar-refractivity contribution in [3.63, 3.8) is 0 Å². The molecule has 2 aromatic rings. The molecule has 0 saturated heterocycles. The van der Waals surface area contributed by atoms with Crippen LogP contribution in [0.5, 0.6) is 5.88 Å². The summed E-state index contributed by atoms with van der Waals surface area (Å²) in [7, 11) is 0. The van der Waals surface area contributed by atoms with Crippen LogP contribution in [0, 0.1) is 0 Å². The topological polar surface area (TPSA) is 76.1 Å². The Bertz CT molecular complexity index is 702. The molecule has 3 rings (SSSR count). The van der Waals surface area contributed by atoms with Crippen molar-refractivity contribution in [3.8, 4) is 5.88 Å². The molecule has 0 bridgehead atoms. The number of hydrogen-bond acceptors (Lipinski definition) is 5. The minimum Gasteiger partial charge on any atom is -0.474 e. The molecule has 1 aromatic carbocycles. The van der Waals surface area contributed by atoms with Crippen LogP contribution in [0.1, 0.15) is 31.7 Å². The van der Waals surface area contributed by atoms with Crippen molar-refractivity contribution in [2.24, 2.45) is 0 Å². The van der Waals surface area contributed by atoms with Gasteiger partial charge in [0.25, 0.3) is 0 Å². The number of carbonyl (C=O) groups is 1. The maximum atomic E-state index is 11.8. The number of nitrogens with zero attached hydrogens (tertiary/aromatic N) is 2. The van der Waals surface area contributed by atoms with Crippen LogP contribution in [-0.4, -0.2) is 28.5 Å². The summed E-state index contributed by atoms with van der Waals surface area (Å²) < 4.78 is 5.54. The van der Waals surface area contributed by atoms with Gasteiger partial charge in [0, 0.05) is 24.6 Å². The van der Waals surface area contributed by atoms with E-state index < -0.39 is 0 Å². The number of amides is 1. The Hall–Kier alpha value is -2.63. The van der Waals surface area contributed by atoms with E-state index in [1.807, 2.05) is 38.1 Å². The number of ether oxygens (including phenoxy) is 1. The van der Waals surface area contributed by atoms with Gasteiger partial charge in [-0.05, 0) is 25.5 Å². The van der Waals surface area contributed by atoms with E-state index in [2.05, 4.69) is 20.6 Å². The Morgan fingerprint density at radius 2 is 2.17 bits per heavy atom. The Morgan fingerprint density at radius 1 is 1.35 bits per heavy atom. The molecule has 1 unspecified atom stereocenters. The second kappa shape index (κ2) is 6.64. The molecule has 1 aliphatic rings. The number of aromatic nitrogens is 2. The van der Waals surface area contributed by atoms with E-state index in [0.717, 1.165) is 11.3 Å². The van der Waals surface area contributed by atoms with Crippen LogP contribution in [0.4, 0.5) is 11.5 Å². The van der Waals surface area contributed by atoms with Gasteiger partial charge in [0.05, 0.1) is 18.5 Å². The van der Waals surface area contributed by atoms with Crippen molar-refractivity contribution < 1.29 is 9.53 Å². The average Bonchev–Trinajstić information content (AvgIpc) is 2.52. The minimum absolute atomic E-state index is 0.0403. The lowest BCUT2D eigenvalue weighted by molar-refractivity contribution is -0.116. The molecular weight excluding hydrogens is 292 g/mol. The summed E-state index contributed by atoms with van der Waals surface area (Å²) in [5, 5.41) is 6.16. The SMILES string of the molecule is CC(C)Oc1cncc(NCC2CC(=O)Nc3ccccc32)n1. The molecule has 120 valence electrons. The number of rotatable bonds is 5. The van der Waals surface area contributed by atoms with Crippen LogP contribution in [0.2, 0.25) is 0 Å². The lowest BCUT2D eigenvalue weighted by Gasteiger charge is -2.25. The molecule has 1 aliphatic heterocycles. The first kappa shape index (κ1) is 15.3. The number of anilines is 2. The highest BCUT2D eigenvalue weighted by Crippen LogP contribution is 2.31. The normalized spacial score (nSPS) is 16.7. The van der Waals surface area contributed by atoms with Gasteiger partial charge in [-0.3, -0.25) is 9.78 Å². The van der Waals surface area contributed by atoms with Crippen molar-refractivity contribution in [1.29, 1.82) is 0 Å². The molecule has 2 N–H and O–H groups in total. The number of nitrogens with one attached hydrogen (secondary N) is 2. The number of carbonyl (C=O) groups excluding carboxylic acids is 1. The molecule has 23 heavy (non-hydrogen) atoms. The van der Waals surface area contributed by atoms with Crippen LogP contribution in [0.25, 0.3) is 0 Å². The van der Waals surface area contributed by atoms with Crippen LogP contribution in [-0.2, 0) is 4.79 Å². The van der Waals surface area contributed by atoms with Gasteiger partial charge >= 0.3 is 0 Å². The summed E-state index contributed by atoms with van der Waals surface area (Å²) in [5.41, 5.74) is 2.03. The van der Waals surface area contributed by atoms with Crippen molar-refractivity contribution in [2.45, 2.75) is 32.3 Å². The van der Waals surface area contributed by atoms with Gasteiger partial charge < -0.3 is 15.4 Å².